The zero-order valence-corrected chi connectivity index (χ0v) is 29.8. The number of urea groups is 1. The van der Waals surface area contributed by atoms with E-state index in [4.69, 9.17) is 0 Å². The van der Waals surface area contributed by atoms with Crippen LogP contribution in [0.5, 0.6) is 0 Å². The molecule has 1 aliphatic heterocycles. The second-order valence-corrected chi connectivity index (χ2v) is 18.3. The number of hydrogen-bond acceptors (Lipinski definition) is 7. The van der Waals surface area contributed by atoms with Gasteiger partial charge in [-0.1, -0.05) is 79.2 Å². The number of nitrogens with zero attached hydrogens (tertiary/aromatic N) is 1. The van der Waals surface area contributed by atoms with Crippen LogP contribution >= 0.6 is 0 Å². The predicted molar refractivity (Wildman–Crippen MR) is 179 cm³/mol. The normalized spacial score (nSPS) is 26.1. The topological polar surface area (TPSA) is 171 Å². The SMILES string of the molecule is C=CCNC(=O)C(=O)C(CC1CCC1)NC(=O)[C@@H]1[C@@H]2[C@H](CN1C(=O)[C@@H](NC(=O)NC1(CS(C)(=O)=O)CCCCC1)C(C)(C)C)C2(C)C. The molecule has 5 amide bonds. The maximum atomic E-state index is 14.4. The van der Waals surface area contributed by atoms with Crippen LogP contribution in [0.25, 0.3) is 0 Å². The average molecular weight is 678 g/mol. The second kappa shape index (κ2) is 13.9. The summed E-state index contributed by atoms with van der Waals surface area (Å²) in [6, 6.07) is -3.53. The fraction of sp³-hybridized carbons (Fsp3) is 0.794. The third-order valence-corrected chi connectivity index (χ3v) is 12.0. The molecule has 264 valence electrons. The molecule has 1 saturated heterocycles. The van der Waals surface area contributed by atoms with Gasteiger partial charge in [0.25, 0.3) is 5.91 Å². The standard InChI is InChI=1S/C34H55N5O7S/c1-8-17-35-29(42)26(40)23(18-21-13-12-14-21)36-28(41)25-24-22(33(24,5)6)19-39(25)30(43)27(32(2,3)4)37-31(44)38-34(20-47(7,45)46)15-10-9-11-16-34/h8,21-25,27H,1,9-20H2,2-7H3,(H,35,42)(H,36,41)(H2,37,38,44)/t22-,23?,24-,25-,27+/m0/s1. The van der Waals surface area contributed by atoms with Crippen molar-refractivity contribution in [1.82, 2.24) is 26.2 Å². The molecule has 47 heavy (non-hydrogen) atoms. The van der Waals surface area contributed by atoms with Crippen LogP contribution in [0.2, 0.25) is 0 Å². The molecule has 4 N–H and O–H groups in total. The van der Waals surface area contributed by atoms with Crippen molar-refractivity contribution in [2.45, 2.75) is 116 Å². The van der Waals surface area contributed by atoms with E-state index in [0.29, 0.717) is 25.8 Å². The number of amides is 5. The van der Waals surface area contributed by atoms with Crippen LogP contribution in [0.15, 0.2) is 12.7 Å². The molecular weight excluding hydrogens is 622 g/mol. The van der Waals surface area contributed by atoms with Gasteiger partial charge in [-0.3, -0.25) is 19.2 Å². The zero-order valence-electron chi connectivity index (χ0n) is 28.9. The van der Waals surface area contributed by atoms with Crippen molar-refractivity contribution in [2.75, 3.05) is 25.1 Å². The summed E-state index contributed by atoms with van der Waals surface area (Å²) in [4.78, 5) is 69.3. The summed E-state index contributed by atoms with van der Waals surface area (Å²) in [6.45, 7) is 13.6. The molecule has 0 aromatic heterocycles. The van der Waals surface area contributed by atoms with Gasteiger partial charge in [0.2, 0.25) is 17.6 Å². The maximum Gasteiger partial charge on any atom is 0.315 e. The Hall–Kier alpha value is -2.96. The van der Waals surface area contributed by atoms with E-state index in [0.717, 1.165) is 44.8 Å². The quantitative estimate of drug-likeness (QED) is 0.171. The van der Waals surface area contributed by atoms with E-state index in [1.165, 1.54) is 11.0 Å². The molecule has 5 atom stereocenters. The van der Waals surface area contributed by atoms with Gasteiger partial charge in [0.05, 0.1) is 17.3 Å². The lowest BCUT2D eigenvalue weighted by Crippen LogP contribution is -2.64. The van der Waals surface area contributed by atoms with Gasteiger partial charge in [-0.05, 0) is 47.8 Å². The molecule has 4 aliphatic rings. The lowest BCUT2D eigenvalue weighted by molar-refractivity contribution is -0.145. The molecule has 3 aliphatic carbocycles. The highest BCUT2D eigenvalue weighted by Gasteiger charge is 2.70. The Labute approximate surface area is 279 Å². The Morgan fingerprint density at radius 2 is 1.64 bits per heavy atom. The highest BCUT2D eigenvalue weighted by atomic mass is 32.2. The lowest BCUT2D eigenvalue weighted by Gasteiger charge is -2.40. The summed E-state index contributed by atoms with van der Waals surface area (Å²) in [7, 11) is -3.39. The van der Waals surface area contributed by atoms with Crippen LogP contribution in [0.3, 0.4) is 0 Å². The minimum Gasteiger partial charge on any atom is -0.346 e. The van der Waals surface area contributed by atoms with E-state index in [-0.39, 0.29) is 35.5 Å². The van der Waals surface area contributed by atoms with Crippen LogP contribution in [-0.4, -0.2) is 91.6 Å². The van der Waals surface area contributed by atoms with Crippen molar-refractivity contribution in [1.29, 1.82) is 0 Å². The molecule has 4 rings (SSSR count). The number of piperidine rings is 1. The molecular formula is C34H55N5O7S. The van der Waals surface area contributed by atoms with E-state index in [1.807, 2.05) is 20.8 Å². The fourth-order valence-corrected chi connectivity index (χ4v) is 9.40. The van der Waals surface area contributed by atoms with Crippen LogP contribution in [0.4, 0.5) is 4.79 Å². The summed E-state index contributed by atoms with van der Waals surface area (Å²) >= 11 is 0. The van der Waals surface area contributed by atoms with Gasteiger partial charge in [0.1, 0.15) is 21.9 Å². The number of sulfone groups is 1. The Bertz CT molecular complexity index is 1360. The van der Waals surface area contributed by atoms with Gasteiger partial charge in [0, 0.05) is 19.3 Å². The molecule has 0 bridgehead atoms. The lowest BCUT2D eigenvalue weighted by atomic mass is 9.80. The minimum atomic E-state index is -3.39. The van der Waals surface area contributed by atoms with E-state index in [9.17, 15) is 32.4 Å². The molecule has 1 heterocycles. The molecule has 0 spiro atoms. The summed E-state index contributed by atoms with van der Waals surface area (Å²) in [5.74, 6) is -2.42. The third-order valence-electron chi connectivity index (χ3n) is 10.9. The van der Waals surface area contributed by atoms with Crippen LogP contribution in [0, 0.1) is 28.6 Å². The number of fused-ring (bicyclic) bond motifs is 1. The van der Waals surface area contributed by atoms with Gasteiger partial charge in [-0.2, -0.15) is 0 Å². The number of Topliss-reactive ketones (excluding diaryl/α,β-unsaturated/α-hetero) is 1. The van der Waals surface area contributed by atoms with Crippen molar-refractivity contribution < 1.29 is 32.4 Å². The number of carbonyl (C=O) groups is 5. The zero-order chi connectivity index (χ0) is 34.9. The average Bonchev–Trinajstić information content (AvgIpc) is 3.25. The Morgan fingerprint density at radius 3 is 2.17 bits per heavy atom. The molecule has 3 saturated carbocycles. The molecule has 1 unspecified atom stereocenters. The highest BCUT2D eigenvalue weighted by molar-refractivity contribution is 7.90. The Balaban J connectivity index is 1.54. The molecule has 4 fully saturated rings. The Kier molecular flexibility index (Phi) is 10.9. The number of likely N-dealkylation sites (tertiary alicyclic amines) is 1. The molecule has 0 aromatic rings. The number of hydrogen-bond donors (Lipinski definition) is 4. The number of rotatable bonds is 13. The molecule has 12 nitrogen and oxygen atoms in total. The molecule has 13 heteroatoms. The first kappa shape index (κ1) is 36.9. The summed E-state index contributed by atoms with van der Waals surface area (Å²) in [5.41, 5.74) is -1.86. The van der Waals surface area contributed by atoms with Crippen molar-refractivity contribution in [2.24, 2.45) is 28.6 Å². The third kappa shape index (κ3) is 8.56. The first-order valence-electron chi connectivity index (χ1n) is 17.1. The van der Waals surface area contributed by atoms with Gasteiger partial charge >= 0.3 is 6.03 Å². The summed E-state index contributed by atoms with van der Waals surface area (Å²) in [5, 5.41) is 11.2. The van der Waals surface area contributed by atoms with E-state index >= 15 is 0 Å². The first-order valence-corrected chi connectivity index (χ1v) is 19.2. The van der Waals surface area contributed by atoms with Crippen LogP contribution in [-0.2, 0) is 29.0 Å². The largest absolute Gasteiger partial charge is 0.346 e. The van der Waals surface area contributed by atoms with E-state index in [1.54, 1.807) is 0 Å². The number of carbonyl (C=O) groups excluding carboxylic acids is 5. The second-order valence-electron chi connectivity index (χ2n) is 16.2. The van der Waals surface area contributed by atoms with Gasteiger partial charge in [0.15, 0.2) is 0 Å². The number of ketones is 1. The summed E-state index contributed by atoms with van der Waals surface area (Å²) in [6.07, 6.45) is 9.47. The molecule has 0 radical (unpaired) electrons. The monoisotopic (exact) mass is 677 g/mol. The smallest absolute Gasteiger partial charge is 0.315 e. The minimum absolute atomic E-state index is 0.0635. The van der Waals surface area contributed by atoms with Gasteiger partial charge in [-0.25, -0.2) is 13.2 Å². The highest BCUT2D eigenvalue weighted by Crippen LogP contribution is 2.65. The molecule has 0 aromatic carbocycles. The van der Waals surface area contributed by atoms with E-state index in [2.05, 4.69) is 41.7 Å². The van der Waals surface area contributed by atoms with Gasteiger partial charge in [-0.15, -0.1) is 6.58 Å². The van der Waals surface area contributed by atoms with Crippen molar-refractivity contribution in [3.63, 3.8) is 0 Å². The van der Waals surface area contributed by atoms with E-state index < -0.39 is 68.5 Å². The maximum absolute atomic E-state index is 14.4. The van der Waals surface area contributed by atoms with Crippen molar-refractivity contribution in [3.05, 3.63) is 12.7 Å². The first-order chi connectivity index (χ1) is 21.8. The predicted octanol–water partition coefficient (Wildman–Crippen LogP) is 2.48. The summed E-state index contributed by atoms with van der Waals surface area (Å²) < 4.78 is 24.6. The fourth-order valence-electron chi connectivity index (χ4n) is 8.03. The van der Waals surface area contributed by atoms with Crippen molar-refractivity contribution >= 4 is 39.4 Å². The van der Waals surface area contributed by atoms with Crippen LogP contribution < -0.4 is 21.3 Å². The Morgan fingerprint density at radius 1 is 1.00 bits per heavy atom. The number of nitrogens with one attached hydrogen (secondary N) is 4. The van der Waals surface area contributed by atoms with Gasteiger partial charge < -0.3 is 26.2 Å². The van der Waals surface area contributed by atoms with Crippen molar-refractivity contribution in [3.8, 4) is 0 Å². The van der Waals surface area contributed by atoms with Crippen LogP contribution in [0.1, 0.15) is 92.4 Å².